The number of hydrogen-bond donors (Lipinski definition) is 2. The third-order valence-corrected chi connectivity index (χ3v) is 2.29. The van der Waals surface area contributed by atoms with Gasteiger partial charge in [-0.3, -0.25) is 14.6 Å². The highest BCUT2D eigenvalue weighted by Crippen LogP contribution is 2.08. The predicted molar refractivity (Wildman–Crippen MR) is 74.0 cm³/mol. The molecule has 6 nitrogen and oxygen atoms in total. The second kappa shape index (κ2) is 6.72. The summed E-state index contributed by atoms with van der Waals surface area (Å²) in [5.41, 5.74) is 1.04. The minimum atomic E-state index is -0.171. The van der Waals surface area contributed by atoms with Gasteiger partial charge in [-0.25, -0.2) is 0 Å². The zero-order valence-electron chi connectivity index (χ0n) is 11.7. The maximum absolute atomic E-state index is 11.7. The van der Waals surface area contributed by atoms with Crippen LogP contribution in [0.1, 0.15) is 24.3 Å². The minimum absolute atomic E-state index is 0.0905. The van der Waals surface area contributed by atoms with E-state index in [2.05, 4.69) is 15.6 Å². The number of amides is 2. The molecular weight excluding hydrogens is 244 g/mol. The van der Waals surface area contributed by atoms with Crippen LogP contribution in [0.5, 0.6) is 0 Å². The summed E-state index contributed by atoms with van der Waals surface area (Å²) in [6, 6.07) is 3.46. The van der Waals surface area contributed by atoms with E-state index in [-0.39, 0.29) is 24.4 Å². The van der Waals surface area contributed by atoms with Crippen LogP contribution in [-0.4, -0.2) is 48.4 Å². The molecule has 2 amide bonds. The van der Waals surface area contributed by atoms with Gasteiger partial charge in [0.25, 0.3) is 5.91 Å². The molecule has 0 unspecified atom stereocenters. The quantitative estimate of drug-likeness (QED) is 0.822. The molecule has 0 saturated carbocycles. The van der Waals surface area contributed by atoms with Gasteiger partial charge in [0.05, 0.1) is 6.54 Å². The minimum Gasteiger partial charge on any atom is -0.376 e. The molecular formula is C13H20N4O2. The molecule has 1 aromatic heterocycles. The standard InChI is InChI=1S/C13H20N4O2/c1-9(2)16-12(18)8-15-10-5-6-14-11(7-10)13(19)17(3)4/h5-7,9H,8H2,1-4H3,(H,14,15)(H,16,18). The fraction of sp³-hybridized carbons (Fsp3) is 0.462. The molecule has 0 aliphatic heterocycles. The number of pyridine rings is 1. The van der Waals surface area contributed by atoms with Gasteiger partial charge in [0, 0.05) is 32.0 Å². The van der Waals surface area contributed by atoms with Crippen molar-refractivity contribution in [2.24, 2.45) is 0 Å². The van der Waals surface area contributed by atoms with E-state index in [4.69, 9.17) is 0 Å². The van der Waals surface area contributed by atoms with Crippen LogP contribution in [0.15, 0.2) is 18.3 Å². The van der Waals surface area contributed by atoms with Crippen molar-refractivity contribution in [2.45, 2.75) is 19.9 Å². The Morgan fingerprint density at radius 2 is 2.05 bits per heavy atom. The summed E-state index contributed by atoms with van der Waals surface area (Å²) in [5.74, 6) is -0.261. The number of nitrogens with one attached hydrogen (secondary N) is 2. The summed E-state index contributed by atoms with van der Waals surface area (Å²) < 4.78 is 0. The smallest absolute Gasteiger partial charge is 0.272 e. The second-order valence-corrected chi connectivity index (χ2v) is 4.71. The van der Waals surface area contributed by atoms with Gasteiger partial charge in [-0.1, -0.05) is 0 Å². The van der Waals surface area contributed by atoms with Crippen LogP contribution in [0.4, 0.5) is 5.69 Å². The van der Waals surface area contributed by atoms with Crippen LogP contribution in [0.2, 0.25) is 0 Å². The number of hydrogen-bond acceptors (Lipinski definition) is 4. The van der Waals surface area contributed by atoms with Gasteiger partial charge in [-0.15, -0.1) is 0 Å². The van der Waals surface area contributed by atoms with Crippen molar-refractivity contribution in [1.29, 1.82) is 0 Å². The van der Waals surface area contributed by atoms with Gasteiger partial charge in [0.15, 0.2) is 0 Å². The molecule has 19 heavy (non-hydrogen) atoms. The molecule has 6 heteroatoms. The molecule has 0 fully saturated rings. The first-order valence-electron chi connectivity index (χ1n) is 6.11. The number of aromatic nitrogens is 1. The van der Waals surface area contributed by atoms with Crippen LogP contribution in [0, 0.1) is 0 Å². The number of carbonyl (C=O) groups is 2. The van der Waals surface area contributed by atoms with Crippen molar-refractivity contribution >= 4 is 17.5 Å². The second-order valence-electron chi connectivity index (χ2n) is 4.71. The van der Waals surface area contributed by atoms with Gasteiger partial charge in [0.1, 0.15) is 5.69 Å². The highest BCUT2D eigenvalue weighted by Gasteiger charge is 2.10. The number of rotatable bonds is 5. The Morgan fingerprint density at radius 1 is 1.37 bits per heavy atom. The summed E-state index contributed by atoms with van der Waals surface area (Å²) in [6.07, 6.45) is 1.54. The van der Waals surface area contributed by atoms with Gasteiger partial charge in [0.2, 0.25) is 5.91 Å². The number of carbonyl (C=O) groups excluding carboxylic acids is 2. The Labute approximate surface area is 113 Å². The highest BCUT2D eigenvalue weighted by molar-refractivity contribution is 5.92. The van der Waals surface area contributed by atoms with Gasteiger partial charge in [-0.2, -0.15) is 0 Å². The highest BCUT2D eigenvalue weighted by atomic mass is 16.2. The summed E-state index contributed by atoms with van der Waals surface area (Å²) in [6.45, 7) is 3.97. The Bertz CT molecular complexity index is 458. The SMILES string of the molecule is CC(C)NC(=O)CNc1ccnc(C(=O)N(C)C)c1. The third kappa shape index (κ3) is 4.95. The van der Waals surface area contributed by atoms with Crippen LogP contribution in [-0.2, 0) is 4.79 Å². The molecule has 0 radical (unpaired) electrons. The third-order valence-electron chi connectivity index (χ3n) is 2.29. The Balaban J connectivity index is 2.63. The van der Waals surface area contributed by atoms with E-state index in [1.165, 1.54) is 4.90 Å². The van der Waals surface area contributed by atoms with Crippen LogP contribution >= 0.6 is 0 Å². The monoisotopic (exact) mass is 264 g/mol. The fourth-order valence-electron chi connectivity index (χ4n) is 1.44. The average molecular weight is 264 g/mol. The summed E-state index contributed by atoms with van der Waals surface area (Å²) in [5, 5.41) is 5.74. The first-order valence-corrected chi connectivity index (χ1v) is 6.11. The lowest BCUT2D eigenvalue weighted by Crippen LogP contribution is -2.34. The van der Waals surface area contributed by atoms with E-state index in [9.17, 15) is 9.59 Å². The van der Waals surface area contributed by atoms with E-state index in [0.717, 1.165) is 0 Å². The molecule has 0 aliphatic rings. The number of nitrogens with zero attached hydrogens (tertiary/aromatic N) is 2. The molecule has 1 heterocycles. The zero-order chi connectivity index (χ0) is 14.4. The van der Waals surface area contributed by atoms with Crippen molar-refractivity contribution in [1.82, 2.24) is 15.2 Å². The van der Waals surface area contributed by atoms with Crippen LogP contribution < -0.4 is 10.6 Å². The van der Waals surface area contributed by atoms with Crippen molar-refractivity contribution < 1.29 is 9.59 Å². The predicted octanol–water partition coefficient (Wildman–Crippen LogP) is 0.720. The molecule has 0 atom stereocenters. The molecule has 104 valence electrons. The summed E-state index contributed by atoms with van der Waals surface area (Å²) in [4.78, 5) is 28.7. The first kappa shape index (κ1) is 14.9. The van der Waals surface area contributed by atoms with Crippen LogP contribution in [0.3, 0.4) is 0 Å². The van der Waals surface area contributed by atoms with E-state index >= 15 is 0 Å². The van der Waals surface area contributed by atoms with Crippen molar-refractivity contribution in [3.05, 3.63) is 24.0 Å². The molecule has 1 aromatic rings. The van der Waals surface area contributed by atoms with Gasteiger partial charge >= 0.3 is 0 Å². The van der Waals surface area contributed by atoms with Gasteiger partial charge < -0.3 is 15.5 Å². The van der Waals surface area contributed by atoms with Crippen LogP contribution in [0.25, 0.3) is 0 Å². The molecule has 0 aliphatic carbocycles. The van der Waals surface area contributed by atoms with E-state index in [1.54, 1.807) is 32.4 Å². The molecule has 0 spiro atoms. The molecule has 1 rings (SSSR count). The van der Waals surface area contributed by atoms with Crippen molar-refractivity contribution in [3.8, 4) is 0 Å². The molecule has 0 saturated heterocycles. The maximum Gasteiger partial charge on any atom is 0.272 e. The fourth-order valence-corrected chi connectivity index (χ4v) is 1.44. The lowest BCUT2D eigenvalue weighted by atomic mass is 10.3. The van der Waals surface area contributed by atoms with Crippen molar-refractivity contribution in [2.75, 3.05) is 26.0 Å². The van der Waals surface area contributed by atoms with E-state index in [1.807, 2.05) is 13.8 Å². The lowest BCUT2D eigenvalue weighted by Gasteiger charge is -2.12. The first-order chi connectivity index (χ1) is 8.90. The largest absolute Gasteiger partial charge is 0.376 e. The van der Waals surface area contributed by atoms with E-state index in [0.29, 0.717) is 11.4 Å². The Kier molecular flexibility index (Phi) is 5.29. The summed E-state index contributed by atoms with van der Waals surface area (Å²) in [7, 11) is 3.33. The van der Waals surface area contributed by atoms with E-state index < -0.39 is 0 Å². The maximum atomic E-state index is 11.7. The Morgan fingerprint density at radius 3 is 2.63 bits per heavy atom. The van der Waals surface area contributed by atoms with Gasteiger partial charge in [-0.05, 0) is 26.0 Å². The molecule has 0 aromatic carbocycles. The lowest BCUT2D eigenvalue weighted by molar-refractivity contribution is -0.119. The average Bonchev–Trinajstić information content (AvgIpc) is 2.35. The topological polar surface area (TPSA) is 74.3 Å². The zero-order valence-corrected chi connectivity index (χ0v) is 11.7. The number of anilines is 1. The molecule has 2 N–H and O–H groups in total. The normalized spacial score (nSPS) is 10.2. The summed E-state index contributed by atoms with van der Waals surface area (Å²) >= 11 is 0. The Hall–Kier alpha value is -2.11. The van der Waals surface area contributed by atoms with Crippen molar-refractivity contribution in [3.63, 3.8) is 0 Å². The molecule has 0 bridgehead atoms.